The summed E-state index contributed by atoms with van der Waals surface area (Å²) in [5.74, 6) is 0.995. The van der Waals surface area contributed by atoms with Gasteiger partial charge < -0.3 is 10.1 Å². The summed E-state index contributed by atoms with van der Waals surface area (Å²) < 4.78 is 5.11. The van der Waals surface area contributed by atoms with Crippen molar-refractivity contribution in [3.63, 3.8) is 0 Å². The number of hydrogen-bond acceptors (Lipinski definition) is 5. The minimum Gasteiger partial charge on any atom is -0.497 e. The predicted octanol–water partition coefficient (Wildman–Crippen LogP) is 3.06. The summed E-state index contributed by atoms with van der Waals surface area (Å²) in [6, 6.07) is 18.2. The highest BCUT2D eigenvalue weighted by molar-refractivity contribution is 5.68. The van der Waals surface area contributed by atoms with E-state index >= 15 is 0 Å². The van der Waals surface area contributed by atoms with Gasteiger partial charge in [-0.05, 0) is 24.3 Å². The first kappa shape index (κ1) is 15.3. The summed E-state index contributed by atoms with van der Waals surface area (Å²) in [4.78, 5) is 19.2. The van der Waals surface area contributed by atoms with Crippen LogP contribution in [0.1, 0.15) is 5.56 Å². The Morgan fingerprint density at radius 2 is 1.83 bits per heavy atom. The number of nitrogens with one attached hydrogen (secondary N) is 2. The molecule has 0 aliphatic rings. The third-order valence-electron chi connectivity index (χ3n) is 3.43. The molecule has 0 aliphatic carbocycles. The SMILES string of the molecule is COc1ccc(Nc2nc(-c3ccccc3)c(C#N)c(=O)[nH]2)cc1. The smallest absolute Gasteiger partial charge is 0.270 e. The van der Waals surface area contributed by atoms with Crippen molar-refractivity contribution in [2.45, 2.75) is 0 Å². The molecule has 6 nitrogen and oxygen atoms in total. The predicted molar refractivity (Wildman–Crippen MR) is 91.3 cm³/mol. The van der Waals surface area contributed by atoms with Crippen molar-refractivity contribution >= 4 is 11.6 Å². The molecule has 0 saturated heterocycles. The fourth-order valence-electron chi connectivity index (χ4n) is 2.25. The summed E-state index contributed by atoms with van der Waals surface area (Å²) in [6.45, 7) is 0. The van der Waals surface area contributed by atoms with Gasteiger partial charge in [-0.2, -0.15) is 5.26 Å². The van der Waals surface area contributed by atoms with Crippen LogP contribution in [-0.2, 0) is 0 Å². The number of hydrogen-bond donors (Lipinski definition) is 2. The highest BCUT2D eigenvalue weighted by atomic mass is 16.5. The fourth-order valence-corrected chi connectivity index (χ4v) is 2.25. The first-order chi connectivity index (χ1) is 11.7. The number of methoxy groups -OCH3 is 1. The lowest BCUT2D eigenvalue weighted by Crippen LogP contribution is -2.16. The van der Waals surface area contributed by atoms with E-state index in [1.54, 1.807) is 43.5 Å². The molecular weight excluding hydrogens is 304 g/mol. The molecule has 0 unspecified atom stereocenters. The van der Waals surface area contributed by atoms with Crippen LogP contribution in [0.25, 0.3) is 11.3 Å². The second kappa shape index (κ2) is 6.67. The lowest BCUT2D eigenvalue weighted by atomic mass is 10.1. The molecule has 0 aliphatic heterocycles. The summed E-state index contributed by atoms with van der Waals surface area (Å²) in [5.41, 5.74) is 1.29. The van der Waals surface area contributed by atoms with Crippen molar-refractivity contribution in [2.24, 2.45) is 0 Å². The van der Waals surface area contributed by atoms with Crippen molar-refractivity contribution in [3.8, 4) is 23.1 Å². The van der Waals surface area contributed by atoms with Crippen LogP contribution in [0, 0.1) is 11.3 Å². The molecule has 3 rings (SSSR count). The summed E-state index contributed by atoms with van der Waals surface area (Å²) in [5, 5.41) is 12.3. The number of rotatable bonds is 4. The highest BCUT2D eigenvalue weighted by Gasteiger charge is 2.13. The molecule has 0 radical (unpaired) electrons. The molecule has 1 heterocycles. The Morgan fingerprint density at radius 1 is 1.12 bits per heavy atom. The van der Waals surface area contributed by atoms with Crippen molar-refractivity contribution in [3.05, 3.63) is 70.5 Å². The third-order valence-corrected chi connectivity index (χ3v) is 3.43. The van der Waals surface area contributed by atoms with E-state index < -0.39 is 5.56 Å². The van der Waals surface area contributed by atoms with Crippen molar-refractivity contribution < 1.29 is 4.74 Å². The second-order valence-corrected chi connectivity index (χ2v) is 4.97. The Bertz CT molecular complexity index is 941. The maximum Gasteiger partial charge on any atom is 0.270 e. The number of ether oxygens (including phenoxy) is 1. The standard InChI is InChI=1S/C18H14N4O2/c1-24-14-9-7-13(8-10-14)20-18-21-16(12-5-3-2-4-6-12)15(11-19)17(23)22-18/h2-10H,1H3,(H2,20,21,22,23). The van der Waals surface area contributed by atoms with E-state index in [-0.39, 0.29) is 11.5 Å². The van der Waals surface area contributed by atoms with Crippen LogP contribution in [0.2, 0.25) is 0 Å². The molecule has 0 atom stereocenters. The molecule has 0 amide bonds. The summed E-state index contributed by atoms with van der Waals surface area (Å²) >= 11 is 0. The Balaban J connectivity index is 2.02. The van der Waals surface area contributed by atoms with Crippen molar-refractivity contribution in [1.82, 2.24) is 9.97 Å². The zero-order valence-corrected chi connectivity index (χ0v) is 12.9. The topological polar surface area (TPSA) is 90.8 Å². The summed E-state index contributed by atoms with van der Waals surface area (Å²) in [7, 11) is 1.59. The average molecular weight is 318 g/mol. The van der Waals surface area contributed by atoms with Gasteiger partial charge in [0.2, 0.25) is 5.95 Å². The fraction of sp³-hybridized carbons (Fsp3) is 0.0556. The number of nitriles is 1. The number of H-pyrrole nitrogens is 1. The van der Waals surface area contributed by atoms with Crippen LogP contribution < -0.4 is 15.6 Å². The zero-order chi connectivity index (χ0) is 16.9. The first-order valence-electron chi connectivity index (χ1n) is 7.22. The third kappa shape index (κ3) is 3.10. The van der Waals surface area contributed by atoms with E-state index in [9.17, 15) is 10.1 Å². The van der Waals surface area contributed by atoms with E-state index in [0.717, 1.165) is 11.4 Å². The Kier molecular flexibility index (Phi) is 4.25. The molecule has 0 spiro atoms. The maximum atomic E-state index is 12.2. The Labute approximate surface area is 138 Å². The van der Waals surface area contributed by atoms with Crippen LogP contribution in [-0.4, -0.2) is 17.1 Å². The van der Waals surface area contributed by atoms with Gasteiger partial charge in [-0.3, -0.25) is 9.78 Å². The number of aromatic nitrogens is 2. The van der Waals surface area contributed by atoms with Crippen LogP contribution >= 0.6 is 0 Å². The molecule has 2 aromatic carbocycles. The Morgan fingerprint density at radius 3 is 2.46 bits per heavy atom. The molecule has 0 fully saturated rings. The molecule has 3 aromatic rings. The van der Waals surface area contributed by atoms with E-state index in [4.69, 9.17) is 4.74 Å². The first-order valence-corrected chi connectivity index (χ1v) is 7.22. The second-order valence-electron chi connectivity index (χ2n) is 4.97. The van der Waals surface area contributed by atoms with Gasteiger partial charge in [-0.25, -0.2) is 4.98 Å². The molecule has 24 heavy (non-hydrogen) atoms. The van der Waals surface area contributed by atoms with E-state index in [1.807, 2.05) is 24.3 Å². The normalized spacial score (nSPS) is 10.0. The van der Waals surface area contributed by atoms with Gasteiger partial charge in [0.25, 0.3) is 5.56 Å². The average Bonchev–Trinajstić information content (AvgIpc) is 2.62. The highest BCUT2D eigenvalue weighted by Crippen LogP contribution is 2.22. The number of aromatic amines is 1. The monoisotopic (exact) mass is 318 g/mol. The van der Waals surface area contributed by atoms with Gasteiger partial charge in [0.05, 0.1) is 12.8 Å². The van der Waals surface area contributed by atoms with Gasteiger partial charge in [-0.15, -0.1) is 0 Å². The molecule has 118 valence electrons. The van der Waals surface area contributed by atoms with Crippen LogP contribution in [0.4, 0.5) is 11.6 Å². The van der Waals surface area contributed by atoms with Crippen LogP contribution in [0.5, 0.6) is 5.75 Å². The van der Waals surface area contributed by atoms with Crippen molar-refractivity contribution in [2.75, 3.05) is 12.4 Å². The van der Waals surface area contributed by atoms with Gasteiger partial charge >= 0.3 is 0 Å². The molecule has 1 aromatic heterocycles. The minimum atomic E-state index is -0.484. The molecule has 6 heteroatoms. The number of benzene rings is 2. The molecule has 0 saturated carbocycles. The minimum absolute atomic E-state index is 0.0125. The summed E-state index contributed by atoms with van der Waals surface area (Å²) in [6.07, 6.45) is 0. The Hall–Kier alpha value is -3.59. The van der Waals surface area contributed by atoms with Crippen LogP contribution in [0.3, 0.4) is 0 Å². The van der Waals surface area contributed by atoms with Gasteiger partial charge in [0.15, 0.2) is 0 Å². The van der Waals surface area contributed by atoms with Gasteiger partial charge in [0.1, 0.15) is 17.4 Å². The van der Waals surface area contributed by atoms with Crippen LogP contribution in [0.15, 0.2) is 59.4 Å². The molecular formula is C18H14N4O2. The quantitative estimate of drug-likeness (QED) is 0.771. The van der Waals surface area contributed by atoms with E-state index in [0.29, 0.717) is 11.3 Å². The van der Waals surface area contributed by atoms with E-state index in [2.05, 4.69) is 15.3 Å². The zero-order valence-electron chi connectivity index (χ0n) is 12.9. The number of nitrogens with zero attached hydrogens (tertiary/aromatic N) is 2. The largest absolute Gasteiger partial charge is 0.497 e. The van der Waals surface area contributed by atoms with Crippen molar-refractivity contribution in [1.29, 1.82) is 5.26 Å². The lowest BCUT2D eigenvalue weighted by molar-refractivity contribution is 0.415. The number of anilines is 2. The maximum absolute atomic E-state index is 12.2. The lowest BCUT2D eigenvalue weighted by Gasteiger charge is -2.09. The molecule has 2 N–H and O–H groups in total. The molecule has 0 bridgehead atoms. The van der Waals surface area contributed by atoms with Gasteiger partial charge in [-0.1, -0.05) is 30.3 Å². The van der Waals surface area contributed by atoms with E-state index in [1.165, 1.54) is 0 Å². The van der Waals surface area contributed by atoms with Gasteiger partial charge in [0, 0.05) is 11.3 Å².